The number of hydrogen-bond acceptors (Lipinski definition) is 1. The van der Waals surface area contributed by atoms with Crippen molar-refractivity contribution in [2.75, 3.05) is 0 Å². The van der Waals surface area contributed by atoms with E-state index in [1.165, 1.54) is 0 Å². The summed E-state index contributed by atoms with van der Waals surface area (Å²) in [5, 5.41) is 7.85. The van der Waals surface area contributed by atoms with Gasteiger partial charge in [0.25, 0.3) is 0 Å². The first kappa shape index (κ1) is 9.97. The Bertz CT molecular complexity index is 181. The van der Waals surface area contributed by atoms with Gasteiger partial charge in [-0.15, -0.1) is 11.6 Å². The van der Waals surface area contributed by atoms with E-state index in [4.69, 9.17) is 11.6 Å². The van der Waals surface area contributed by atoms with Gasteiger partial charge in [-0.05, 0) is 34.7 Å². The molecule has 1 heterocycles. The molecule has 0 atom stereocenters. The Labute approximate surface area is 87.4 Å². The third kappa shape index (κ3) is 2.23. The summed E-state index contributed by atoms with van der Waals surface area (Å²) in [6.45, 7) is 1.88. The molecule has 0 radical (unpaired) electrons. The van der Waals surface area contributed by atoms with E-state index < -0.39 is 0 Å². The van der Waals surface area contributed by atoms with E-state index >= 15 is 0 Å². The summed E-state index contributed by atoms with van der Waals surface area (Å²) < 4.78 is 0.948. The number of hydrogen-bond donors (Lipinski definition) is 0. The quantitative estimate of drug-likeness (QED) is 0.526. The molecule has 0 aliphatic rings. The molecule has 54 valence electrons. The molecule has 9 heavy (non-hydrogen) atoms. The second-order valence-electron chi connectivity index (χ2n) is 1.39. The van der Waals surface area contributed by atoms with Crippen molar-refractivity contribution < 1.29 is 22.4 Å². The van der Waals surface area contributed by atoms with Crippen molar-refractivity contribution in [3.63, 3.8) is 0 Å². The van der Waals surface area contributed by atoms with Crippen molar-refractivity contribution in [2.24, 2.45) is 0 Å². The topological polar surface area (TPSA) is 27.0 Å². The molecule has 0 amide bonds. The van der Waals surface area contributed by atoms with Crippen molar-refractivity contribution >= 4 is 34.2 Å². The fourth-order valence-electron chi connectivity index (χ4n) is 0.356. The van der Waals surface area contributed by atoms with Crippen LogP contribution in [0.2, 0.25) is 5.15 Å². The van der Waals surface area contributed by atoms with Crippen LogP contribution in [0.15, 0.2) is 0 Å². The summed E-state index contributed by atoms with van der Waals surface area (Å²) >= 11 is 7.66. The molecule has 0 aliphatic carbocycles. The largest absolute Gasteiger partial charge is 1.00 e. The second-order valence-corrected chi connectivity index (χ2v) is 2.83. The Morgan fingerprint density at radius 2 is 2.22 bits per heavy atom. The molecule has 0 spiro atoms. The number of rotatable bonds is 0. The smallest absolute Gasteiger partial charge is 0.565 e. The van der Waals surface area contributed by atoms with Crippen molar-refractivity contribution in [2.45, 2.75) is 6.92 Å². The van der Waals surface area contributed by atoms with E-state index in [9.17, 15) is 0 Å². The van der Waals surface area contributed by atoms with Crippen LogP contribution in [0.4, 0.5) is 0 Å². The minimum absolute atomic E-state index is 0. The Morgan fingerprint density at radius 3 is 2.33 bits per heavy atom. The molecule has 5 heteroatoms. The molecule has 1 aromatic heterocycles. The predicted octanol–water partition coefficient (Wildman–Crippen LogP) is 1.60. The molecule has 0 bridgehead atoms. The van der Waals surface area contributed by atoms with Gasteiger partial charge in [0.1, 0.15) is 0 Å². The normalized spacial score (nSPS) is 8.78. The van der Waals surface area contributed by atoms with Crippen LogP contribution >= 0.6 is 34.2 Å². The summed E-state index contributed by atoms with van der Waals surface area (Å²) in [7, 11) is 0. The minimum Gasteiger partial charge on any atom is -0.565 e. The van der Waals surface area contributed by atoms with Gasteiger partial charge in [0.05, 0.1) is 0 Å². The van der Waals surface area contributed by atoms with Crippen molar-refractivity contribution in [1.29, 1.82) is 0 Å². The Hall–Kier alpha value is 0.970. The van der Waals surface area contributed by atoms with Crippen LogP contribution in [-0.2, 0) is 22.4 Å². The Morgan fingerprint density at radius 1 is 1.67 bits per heavy atom. The predicted molar refractivity (Wildman–Crippen MR) is 40.0 cm³/mol. The first-order valence-corrected chi connectivity index (χ1v) is 3.48. The number of nitrogens with zero attached hydrogens (tertiary/aromatic N) is 2. The summed E-state index contributed by atoms with van der Waals surface area (Å²) in [6.07, 6.45) is 0. The average molecular weight is 349 g/mol. The Kier molecular flexibility index (Phi) is 4.41. The van der Waals surface area contributed by atoms with E-state index in [-0.39, 0.29) is 22.4 Å². The summed E-state index contributed by atoms with van der Waals surface area (Å²) in [5.41, 5.74) is 0.899. The van der Waals surface area contributed by atoms with Crippen LogP contribution in [0.3, 0.4) is 0 Å². The minimum atomic E-state index is 0. The zero-order valence-electron chi connectivity index (χ0n) is 4.45. The zero-order valence-corrected chi connectivity index (χ0v) is 8.85. The van der Waals surface area contributed by atoms with Crippen LogP contribution in [0.5, 0.6) is 0 Å². The van der Waals surface area contributed by atoms with Gasteiger partial charge in [0.2, 0.25) is 0 Å². The van der Waals surface area contributed by atoms with E-state index in [2.05, 4.69) is 32.8 Å². The molecule has 0 N–H and O–H groups in total. The van der Waals surface area contributed by atoms with Crippen molar-refractivity contribution in [3.05, 3.63) is 14.4 Å². The summed E-state index contributed by atoms with van der Waals surface area (Å²) in [6, 6.07) is 0. The number of aromatic nitrogens is 2. The fraction of sp³-hybridized carbons (Fsp3) is 0.250. The molecular weight excluding hydrogens is 346 g/mol. The maximum atomic E-state index is 5.55. The zero-order chi connectivity index (χ0) is 6.15. The van der Waals surface area contributed by atoms with Gasteiger partial charge in [0.15, 0.2) is 0 Å². The summed E-state index contributed by atoms with van der Waals surface area (Å²) in [5.74, 6) is 0. The van der Waals surface area contributed by atoms with Crippen LogP contribution < -0.4 is 5.10 Å². The van der Waals surface area contributed by atoms with E-state index in [1.807, 2.05) is 6.92 Å². The van der Waals surface area contributed by atoms with Crippen LogP contribution in [-0.4, -0.2) is 5.10 Å². The SMILES string of the molecule is Cc1n[n-]c(Cl)c1I.[Ag+]. The van der Waals surface area contributed by atoms with Gasteiger partial charge in [-0.2, -0.15) is 0 Å². The van der Waals surface area contributed by atoms with E-state index in [0.717, 1.165) is 9.26 Å². The van der Waals surface area contributed by atoms with Gasteiger partial charge in [0, 0.05) is 9.26 Å². The third-order valence-electron chi connectivity index (χ3n) is 0.787. The first-order chi connectivity index (χ1) is 3.72. The van der Waals surface area contributed by atoms with Crippen LogP contribution in [0, 0.1) is 10.5 Å². The molecule has 1 rings (SSSR count). The molecule has 0 unspecified atom stereocenters. The number of halogens is 2. The van der Waals surface area contributed by atoms with Gasteiger partial charge >= 0.3 is 22.4 Å². The van der Waals surface area contributed by atoms with Gasteiger partial charge < -0.3 is 10.2 Å². The Balaban J connectivity index is 0.000000640. The van der Waals surface area contributed by atoms with Crippen molar-refractivity contribution in [1.82, 2.24) is 10.2 Å². The van der Waals surface area contributed by atoms with Crippen molar-refractivity contribution in [3.8, 4) is 0 Å². The third-order valence-corrected chi connectivity index (χ3v) is 2.66. The van der Waals surface area contributed by atoms with Crippen LogP contribution in [0.1, 0.15) is 5.69 Å². The standard InChI is InChI=1S/C4H3ClIN2.Ag/c1-2-3(6)4(5)8-7-2;/h1H3;/q-1;+1. The van der Waals surface area contributed by atoms with Crippen LogP contribution in [0.25, 0.3) is 0 Å². The van der Waals surface area contributed by atoms with E-state index in [0.29, 0.717) is 5.15 Å². The van der Waals surface area contributed by atoms with E-state index in [1.54, 1.807) is 0 Å². The molecular formula is C4H3AgClIN2. The second kappa shape index (κ2) is 3.98. The van der Waals surface area contributed by atoms with Gasteiger partial charge in [-0.3, -0.25) is 0 Å². The fourth-order valence-corrected chi connectivity index (χ4v) is 0.746. The monoisotopic (exact) mass is 348 g/mol. The van der Waals surface area contributed by atoms with Gasteiger partial charge in [-0.1, -0.05) is 0 Å². The molecule has 0 aromatic carbocycles. The molecule has 0 aliphatic heterocycles. The first-order valence-electron chi connectivity index (χ1n) is 2.03. The number of aryl methyl sites for hydroxylation is 1. The molecule has 0 fully saturated rings. The molecule has 0 saturated carbocycles. The summed E-state index contributed by atoms with van der Waals surface area (Å²) in [4.78, 5) is 0. The molecule has 0 saturated heterocycles. The average Bonchev–Trinajstić information content (AvgIpc) is 1.98. The maximum absolute atomic E-state index is 5.55. The maximum Gasteiger partial charge on any atom is 1.00 e. The molecule has 2 nitrogen and oxygen atoms in total. The van der Waals surface area contributed by atoms with Gasteiger partial charge in [-0.25, -0.2) is 0 Å². The molecule has 1 aromatic rings.